The summed E-state index contributed by atoms with van der Waals surface area (Å²) in [5, 5.41) is 8.36. The molecule has 2 amide bonds. The zero-order valence-electron chi connectivity index (χ0n) is 19.6. The van der Waals surface area contributed by atoms with Crippen LogP contribution in [0.15, 0.2) is 60.9 Å². The molecule has 1 aromatic heterocycles. The highest BCUT2D eigenvalue weighted by Gasteiger charge is 2.29. The number of rotatable bonds is 8. The number of anilines is 2. The number of nitrogens with zero attached hydrogens (tertiary/aromatic N) is 1. The van der Waals surface area contributed by atoms with Gasteiger partial charge in [0.15, 0.2) is 5.82 Å². The smallest absolute Gasteiger partial charge is 0.323 e. The number of amides is 2. The third-order valence-electron chi connectivity index (χ3n) is 5.83. The van der Waals surface area contributed by atoms with Crippen molar-refractivity contribution in [3.8, 4) is 11.1 Å². The molecule has 0 saturated carbocycles. The molecule has 9 nitrogen and oxygen atoms in total. The van der Waals surface area contributed by atoms with Crippen molar-refractivity contribution in [3.05, 3.63) is 77.9 Å². The number of carbonyl (C=O) groups excluding carboxylic acids is 3. The number of ether oxygens (including phenoxy) is 1. The monoisotopic (exact) mass is 491 g/mol. The van der Waals surface area contributed by atoms with Gasteiger partial charge in [-0.25, -0.2) is 4.39 Å². The van der Waals surface area contributed by atoms with Gasteiger partial charge in [0.2, 0.25) is 5.91 Å². The van der Waals surface area contributed by atoms with Crippen LogP contribution in [0, 0.1) is 5.82 Å². The second-order valence-corrected chi connectivity index (χ2v) is 8.35. The van der Waals surface area contributed by atoms with E-state index in [0.29, 0.717) is 29.8 Å². The van der Waals surface area contributed by atoms with Crippen LogP contribution < -0.4 is 21.7 Å². The van der Waals surface area contributed by atoms with Gasteiger partial charge in [0.1, 0.15) is 6.04 Å². The number of nitrogens with two attached hydrogens (primary N) is 1. The zero-order chi connectivity index (χ0) is 25.7. The predicted molar refractivity (Wildman–Crippen MR) is 133 cm³/mol. The molecule has 1 fully saturated rings. The van der Waals surface area contributed by atoms with Crippen LogP contribution in [-0.4, -0.2) is 41.5 Å². The van der Waals surface area contributed by atoms with Crippen LogP contribution in [0.2, 0.25) is 0 Å². The highest BCUT2D eigenvalue weighted by Crippen LogP contribution is 2.28. The van der Waals surface area contributed by atoms with E-state index in [1.54, 1.807) is 43.3 Å². The topological polar surface area (TPSA) is 135 Å². The summed E-state index contributed by atoms with van der Waals surface area (Å²) in [4.78, 5) is 40.8. The Morgan fingerprint density at radius 3 is 2.75 bits per heavy atom. The largest absolute Gasteiger partial charge is 0.464 e. The molecule has 2 aromatic carbocycles. The van der Waals surface area contributed by atoms with Gasteiger partial charge in [-0.15, -0.1) is 0 Å². The highest BCUT2D eigenvalue weighted by molar-refractivity contribution is 6.05. The summed E-state index contributed by atoms with van der Waals surface area (Å²) in [5.74, 6) is -1.79. The first kappa shape index (κ1) is 25.0. The van der Waals surface area contributed by atoms with Gasteiger partial charge in [-0.2, -0.15) is 0 Å². The van der Waals surface area contributed by atoms with Crippen LogP contribution in [0.4, 0.5) is 15.8 Å². The van der Waals surface area contributed by atoms with E-state index in [2.05, 4.69) is 20.9 Å². The summed E-state index contributed by atoms with van der Waals surface area (Å²) < 4.78 is 18.8. The number of nitrogens with one attached hydrogen (secondary N) is 3. The fraction of sp³-hybridized carbons (Fsp3) is 0.231. The number of pyridine rings is 1. The Morgan fingerprint density at radius 2 is 2.03 bits per heavy atom. The maximum Gasteiger partial charge on any atom is 0.323 e. The molecule has 1 aliphatic rings. The van der Waals surface area contributed by atoms with Gasteiger partial charge in [-0.05, 0) is 53.9 Å². The average molecular weight is 492 g/mol. The Labute approximate surface area is 207 Å². The van der Waals surface area contributed by atoms with Gasteiger partial charge in [0, 0.05) is 30.4 Å². The summed E-state index contributed by atoms with van der Waals surface area (Å²) in [7, 11) is 0. The number of esters is 1. The molecule has 1 aliphatic heterocycles. The second kappa shape index (κ2) is 11.1. The van der Waals surface area contributed by atoms with Crippen molar-refractivity contribution < 1.29 is 23.5 Å². The molecule has 3 aromatic rings. The molecule has 0 spiro atoms. The summed E-state index contributed by atoms with van der Waals surface area (Å²) in [5.41, 5.74) is 9.04. The fourth-order valence-corrected chi connectivity index (χ4v) is 3.88. The van der Waals surface area contributed by atoms with Crippen molar-refractivity contribution in [3.63, 3.8) is 0 Å². The fourth-order valence-electron chi connectivity index (χ4n) is 3.88. The van der Waals surface area contributed by atoms with Gasteiger partial charge in [0.05, 0.1) is 24.5 Å². The summed E-state index contributed by atoms with van der Waals surface area (Å²) in [6.45, 7) is 2.24. The number of benzene rings is 2. The first-order chi connectivity index (χ1) is 17.4. The van der Waals surface area contributed by atoms with Gasteiger partial charge in [-0.3, -0.25) is 24.7 Å². The lowest BCUT2D eigenvalue weighted by atomic mass is 9.96. The lowest BCUT2D eigenvalue weighted by Gasteiger charge is -2.17. The average Bonchev–Trinajstić information content (AvgIpc) is 3.29. The Hall–Kier alpha value is -4.15. The molecular formula is C26H26FN5O4. The van der Waals surface area contributed by atoms with Crippen molar-refractivity contribution in [2.45, 2.75) is 32.0 Å². The van der Waals surface area contributed by atoms with Crippen LogP contribution in [0.1, 0.15) is 29.3 Å². The molecule has 186 valence electrons. The van der Waals surface area contributed by atoms with Crippen LogP contribution in [0.25, 0.3) is 11.1 Å². The zero-order valence-corrected chi connectivity index (χ0v) is 19.6. The van der Waals surface area contributed by atoms with E-state index in [1.807, 2.05) is 6.07 Å². The molecule has 1 unspecified atom stereocenters. The molecule has 0 radical (unpaired) electrons. The quantitative estimate of drug-likeness (QED) is 0.356. The van der Waals surface area contributed by atoms with E-state index in [-0.39, 0.29) is 24.1 Å². The Morgan fingerprint density at radius 1 is 1.19 bits per heavy atom. The van der Waals surface area contributed by atoms with E-state index < -0.39 is 23.8 Å². The number of halogens is 1. The molecule has 10 heteroatoms. The Bertz CT molecular complexity index is 1300. The third kappa shape index (κ3) is 5.73. The first-order valence-corrected chi connectivity index (χ1v) is 11.4. The molecule has 0 bridgehead atoms. The minimum absolute atomic E-state index is 0.0257. The maximum absolute atomic E-state index is 13.9. The number of hydrogen-bond donors (Lipinski definition) is 4. The molecule has 4 rings (SSSR count). The highest BCUT2D eigenvalue weighted by atomic mass is 19.1. The van der Waals surface area contributed by atoms with Gasteiger partial charge in [-0.1, -0.05) is 18.2 Å². The second-order valence-electron chi connectivity index (χ2n) is 8.35. The number of aromatic nitrogens is 1. The standard InChI is InChI=1S/C26H26FN5O4/c1-15(30-23-8-10-36-26(23)35)24(33)31-19-4-2-3-16(11-19)20-12-17(5-6-18(20)13-28)25(34)32-22-7-9-29-14-21(22)27/h2-7,9,11-12,14-15,23,30H,8,10,13,28H2,1H3,(H,31,33)(H,29,32,34)/t15-,23?/m0/s1. The summed E-state index contributed by atoms with van der Waals surface area (Å²) in [6.07, 6.45) is 2.93. The molecular weight excluding hydrogens is 465 g/mol. The van der Waals surface area contributed by atoms with Gasteiger partial charge in [0.25, 0.3) is 5.91 Å². The summed E-state index contributed by atoms with van der Waals surface area (Å²) in [6, 6.07) is 12.4. The number of cyclic esters (lactones) is 1. The van der Waals surface area contributed by atoms with Crippen molar-refractivity contribution in [1.82, 2.24) is 10.3 Å². The molecule has 2 heterocycles. The SMILES string of the molecule is C[C@H](NC1CCOC1=O)C(=O)Nc1cccc(-c2cc(C(=O)Nc3ccncc3F)ccc2CN)c1. The van der Waals surface area contributed by atoms with Crippen molar-refractivity contribution >= 4 is 29.2 Å². The molecule has 0 aliphatic carbocycles. The Kier molecular flexibility index (Phi) is 7.67. The van der Waals surface area contributed by atoms with Crippen LogP contribution in [0.5, 0.6) is 0 Å². The minimum atomic E-state index is -0.637. The van der Waals surface area contributed by atoms with E-state index in [0.717, 1.165) is 17.3 Å². The number of carbonyl (C=O) groups is 3. The van der Waals surface area contributed by atoms with E-state index in [1.165, 1.54) is 12.3 Å². The number of hydrogen-bond acceptors (Lipinski definition) is 7. The van der Waals surface area contributed by atoms with Crippen molar-refractivity contribution in [2.24, 2.45) is 5.73 Å². The van der Waals surface area contributed by atoms with Gasteiger partial charge < -0.3 is 21.1 Å². The van der Waals surface area contributed by atoms with Crippen LogP contribution in [-0.2, 0) is 20.9 Å². The minimum Gasteiger partial charge on any atom is -0.464 e. The predicted octanol–water partition coefficient (Wildman–Crippen LogP) is 2.83. The summed E-state index contributed by atoms with van der Waals surface area (Å²) >= 11 is 0. The molecule has 36 heavy (non-hydrogen) atoms. The molecule has 2 atom stereocenters. The lowest BCUT2D eigenvalue weighted by Crippen LogP contribution is -2.45. The third-order valence-corrected chi connectivity index (χ3v) is 5.83. The van der Waals surface area contributed by atoms with Gasteiger partial charge >= 0.3 is 5.97 Å². The van der Waals surface area contributed by atoms with Crippen LogP contribution in [0.3, 0.4) is 0 Å². The van der Waals surface area contributed by atoms with E-state index in [4.69, 9.17) is 10.5 Å². The van der Waals surface area contributed by atoms with E-state index >= 15 is 0 Å². The van der Waals surface area contributed by atoms with Crippen molar-refractivity contribution in [2.75, 3.05) is 17.2 Å². The van der Waals surface area contributed by atoms with Crippen LogP contribution >= 0.6 is 0 Å². The first-order valence-electron chi connectivity index (χ1n) is 11.4. The molecule has 5 N–H and O–H groups in total. The molecule has 1 saturated heterocycles. The lowest BCUT2D eigenvalue weighted by molar-refractivity contribution is -0.139. The normalized spacial score (nSPS) is 15.8. The maximum atomic E-state index is 13.9. The van der Waals surface area contributed by atoms with Crippen molar-refractivity contribution in [1.29, 1.82) is 0 Å². The Balaban J connectivity index is 1.52. The van der Waals surface area contributed by atoms with E-state index in [9.17, 15) is 18.8 Å².